The standard InChI is InChI=1S/C27H21N3OS/c1-2-22-15-24-26(32-22)29-25(14-21-11-6-10-20-9-3-4-12-23(20)21)30(27(24)31)17-19-8-5-7-18(13-19)16-28/h3-13,15H,2,14,17H2,1H3. The fourth-order valence-corrected chi connectivity index (χ4v) is 5.10. The minimum Gasteiger partial charge on any atom is -0.291 e. The molecule has 0 radical (unpaired) electrons. The Balaban J connectivity index is 1.68. The van der Waals surface area contributed by atoms with Crippen LogP contribution in [0.2, 0.25) is 0 Å². The predicted octanol–water partition coefficient (Wildman–Crippen LogP) is 5.68. The fraction of sp³-hybridized carbons (Fsp3) is 0.148. The van der Waals surface area contributed by atoms with Crippen molar-refractivity contribution in [2.75, 3.05) is 0 Å². The SMILES string of the molecule is CCc1cc2c(=O)n(Cc3cccc(C#N)c3)c(Cc3cccc4ccccc34)nc2s1. The van der Waals surface area contributed by atoms with Gasteiger partial charge in [-0.2, -0.15) is 5.26 Å². The number of thiophene rings is 1. The molecular weight excluding hydrogens is 414 g/mol. The van der Waals surface area contributed by atoms with E-state index in [-0.39, 0.29) is 5.56 Å². The van der Waals surface area contributed by atoms with Crippen LogP contribution in [-0.2, 0) is 19.4 Å². The quantitative estimate of drug-likeness (QED) is 0.357. The van der Waals surface area contributed by atoms with Gasteiger partial charge >= 0.3 is 0 Å². The highest BCUT2D eigenvalue weighted by atomic mass is 32.1. The van der Waals surface area contributed by atoms with Gasteiger partial charge in [0.1, 0.15) is 10.7 Å². The zero-order chi connectivity index (χ0) is 22.1. The number of aromatic nitrogens is 2. The van der Waals surface area contributed by atoms with Gasteiger partial charge in [-0.05, 0) is 46.5 Å². The molecule has 2 aromatic heterocycles. The molecule has 5 rings (SSSR count). The second-order valence-corrected chi connectivity index (χ2v) is 8.95. The Labute approximate surface area is 190 Å². The van der Waals surface area contributed by atoms with Gasteiger partial charge in [0.05, 0.1) is 23.6 Å². The Hall–Kier alpha value is -3.75. The number of nitrogens with zero attached hydrogens (tertiary/aromatic N) is 3. The van der Waals surface area contributed by atoms with Crippen LogP contribution in [-0.4, -0.2) is 9.55 Å². The average Bonchev–Trinajstić information content (AvgIpc) is 3.25. The minimum atomic E-state index is -0.0245. The lowest BCUT2D eigenvalue weighted by Gasteiger charge is -2.14. The number of rotatable bonds is 5. The Bertz CT molecular complexity index is 1550. The highest BCUT2D eigenvalue weighted by Crippen LogP contribution is 2.25. The first-order valence-corrected chi connectivity index (χ1v) is 11.5. The molecule has 5 aromatic rings. The summed E-state index contributed by atoms with van der Waals surface area (Å²) in [4.78, 5) is 20.5. The molecule has 2 heterocycles. The zero-order valence-electron chi connectivity index (χ0n) is 17.7. The molecule has 0 atom stereocenters. The molecule has 0 aliphatic rings. The lowest BCUT2D eigenvalue weighted by atomic mass is 10.0. The van der Waals surface area contributed by atoms with Crippen molar-refractivity contribution in [2.45, 2.75) is 26.3 Å². The summed E-state index contributed by atoms with van der Waals surface area (Å²) in [5.41, 5.74) is 2.62. The third-order valence-corrected chi connectivity index (χ3v) is 6.93. The third-order valence-electron chi connectivity index (χ3n) is 5.75. The Morgan fingerprint density at radius 3 is 2.66 bits per heavy atom. The molecule has 3 aromatic carbocycles. The molecule has 5 heteroatoms. The molecule has 0 spiro atoms. The Morgan fingerprint density at radius 1 is 1.00 bits per heavy atom. The highest BCUT2D eigenvalue weighted by Gasteiger charge is 2.16. The molecule has 0 aliphatic heterocycles. The molecule has 4 nitrogen and oxygen atoms in total. The van der Waals surface area contributed by atoms with E-state index >= 15 is 0 Å². The van der Waals surface area contributed by atoms with Crippen molar-refractivity contribution in [3.8, 4) is 6.07 Å². The van der Waals surface area contributed by atoms with E-state index in [4.69, 9.17) is 4.98 Å². The minimum absolute atomic E-state index is 0.0245. The largest absolute Gasteiger partial charge is 0.291 e. The third kappa shape index (κ3) is 3.70. The normalized spacial score (nSPS) is 11.1. The van der Waals surface area contributed by atoms with Gasteiger partial charge in [0.2, 0.25) is 0 Å². The van der Waals surface area contributed by atoms with E-state index in [0.29, 0.717) is 23.9 Å². The topological polar surface area (TPSA) is 58.7 Å². The van der Waals surface area contributed by atoms with E-state index < -0.39 is 0 Å². The van der Waals surface area contributed by atoms with Crippen molar-refractivity contribution in [1.29, 1.82) is 5.26 Å². The van der Waals surface area contributed by atoms with Crippen LogP contribution in [0.25, 0.3) is 21.0 Å². The van der Waals surface area contributed by atoms with E-state index in [1.54, 1.807) is 22.0 Å². The van der Waals surface area contributed by atoms with E-state index in [0.717, 1.165) is 33.1 Å². The van der Waals surface area contributed by atoms with Crippen LogP contribution in [0.4, 0.5) is 0 Å². The van der Waals surface area contributed by atoms with Gasteiger partial charge in [-0.1, -0.05) is 61.5 Å². The van der Waals surface area contributed by atoms with Crippen LogP contribution >= 0.6 is 11.3 Å². The summed E-state index contributed by atoms with van der Waals surface area (Å²) in [6.07, 6.45) is 1.44. The van der Waals surface area contributed by atoms with Crippen LogP contribution in [0.1, 0.15) is 34.3 Å². The van der Waals surface area contributed by atoms with Gasteiger partial charge in [-0.3, -0.25) is 9.36 Å². The van der Waals surface area contributed by atoms with E-state index in [1.165, 1.54) is 10.8 Å². The van der Waals surface area contributed by atoms with Crippen molar-refractivity contribution in [1.82, 2.24) is 9.55 Å². The lowest BCUT2D eigenvalue weighted by Crippen LogP contribution is -2.25. The summed E-state index contributed by atoms with van der Waals surface area (Å²) >= 11 is 1.59. The second-order valence-electron chi connectivity index (χ2n) is 7.83. The van der Waals surface area contributed by atoms with Crippen LogP contribution in [0.15, 0.2) is 77.6 Å². The fourth-order valence-electron chi connectivity index (χ4n) is 4.12. The van der Waals surface area contributed by atoms with Crippen molar-refractivity contribution < 1.29 is 0 Å². The zero-order valence-corrected chi connectivity index (χ0v) is 18.5. The van der Waals surface area contributed by atoms with Gasteiger partial charge in [0.15, 0.2) is 0 Å². The summed E-state index contributed by atoms with van der Waals surface area (Å²) < 4.78 is 1.77. The van der Waals surface area contributed by atoms with E-state index in [9.17, 15) is 10.1 Å². The molecule has 156 valence electrons. The van der Waals surface area contributed by atoms with Crippen molar-refractivity contribution in [2.24, 2.45) is 0 Å². The van der Waals surface area contributed by atoms with E-state index in [2.05, 4.69) is 43.3 Å². The second kappa shape index (κ2) is 8.41. The average molecular weight is 436 g/mol. The van der Waals surface area contributed by atoms with Crippen LogP contribution in [0.5, 0.6) is 0 Å². The molecule has 0 saturated heterocycles. The predicted molar refractivity (Wildman–Crippen MR) is 130 cm³/mol. The highest BCUT2D eigenvalue weighted by molar-refractivity contribution is 7.18. The first kappa shape index (κ1) is 20.2. The van der Waals surface area contributed by atoms with Gasteiger partial charge in [-0.15, -0.1) is 11.3 Å². The molecule has 0 N–H and O–H groups in total. The molecular formula is C27H21N3OS. The monoisotopic (exact) mass is 435 g/mol. The molecule has 0 bridgehead atoms. The van der Waals surface area contributed by atoms with Crippen molar-refractivity contribution >= 4 is 32.3 Å². The summed E-state index contributed by atoms with van der Waals surface area (Å²) in [6.45, 7) is 2.47. The summed E-state index contributed by atoms with van der Waals surface area (Å²) in [5.74, 6) is 0.741. The lowest BCUT2D eigenvalue weighted by molar-refractivity contribution is 0.695. The number of fused-ring (bicyclic) bond motifs is 2. The van der Waals surface area contributed by atoms with Gasteiger partial charge in [0.25, 0.3) is 5.56 Å². The van der Waals surface area contributed by atoms with Crippen molar-refractivity contribution in [3.63, 3.8) is 0 Å². The Morgan fingerprint density at radius 2 is 1.81 bits per heavy atom. The van der Waals surface area contributed by atoms with Gasteiger partial charge < -0.3 is 0 Å². The maximum Gasteiger partial charge on any atom is 0.262 e. The van der Waals surface area contributed by atoms with Crippen LogP contribution in [0.3, 0.4) is 0 Å². The molecule has 0 saturated carbocycles. The maximum atomic E-state index is 13.6. The molecule has 0 unspecified atom stereocenters. The molecule has 0 amide bonds. The number of hydrogen-bond donors (Lipinski definition) is 0. The Kier molecular flexibility index (Phi) is 5.30. The number of aryl methyl sites for hydroxylation is 1. The maximum absolute atomic E-state index is 13.6. The first-order valence-electron chi connectivity index (χ1n) is 10.6. The summed E-state index contributed by atoms with van der Waals surface area (Å²) in [6, 6.07) is 26.1. The number of hydrogen-bond acceptors (Lipinski definition) is 4. The smallest absolute Gasteiger partial charge is 0.262 e. The van der Waals surface area contributed by atoms with E-state index in [1.807, 2.05) is 36.4 Å². The van der Waals surface area contributed by atoms with Gasteiger partial charge in [0, 0.05) is 11.3 Å². The first-order chi connectivity index (χ1) is 15.7. The molecule has 32 heavy (non-hydrogen) atoms. The number of benzene rings is 3. The van der Waals surface area contributed by atoms with Gasteiger partial charge in [-0.25, -0.2) is 4.98 Å². The summed E-state index contributed by atoms with van der Waals surface area (Å²) in [5, 5.41) is 12.3. The van der Waals surface area contributed by atoms with Crippen molar-refractivity contribution in [3.05, 3.63) is 111 Å². The number of nitriles is 1. The summed E-state index contributed by atoms with van der Waals surface area (Å²) in [7, 11) is 0. The van der Waals surface area contributed by atoms with Crippen LogP contribution in [0, 0.1) is 11.3 Å². The van der Waals surface area contributed by atoms with Crippen LogP contribution < -0.4 is 5.56 Å². The molecule has 0 fully saturated rings. The molecule has 0 aliphatic carbocycles.